The van der Waals surface area contributed by atoms with Gasteiger partial charge in [-0.25, -0.2) is 0 Å². The summed E-state index contributed by atoms with van der Waals surface area (Å²) in [6, 6.07) is 8.40. The van der Waals surface area contributed by atoms with Crippen molar-refractivity contribution in [2.24, 2.45) is 0 Å². The summed E-state index contributed by atoms with van der Waals surface area (Å²) in [5, 5.41) is 2.42. The molecule has 0 fully saturated rings. The number of hydrogen-bond acceptors (Lipinski definition) is 2. The second kappa shape index (κ2) is 4.19. The monoisotopic (exact) mass is 255 g/mol. The Balaban J connectivity index is 2.49. The molecule has 1 N–H and O–H groups in total. The number of fused-ring (bicyclic) bond motifs is 3. The molecule has 3 aromatic rings. The van der Waals surface area contributed by atoms with Gasteiger partial charge in [-0.15, -0.1) is 0 Å². The highest BCUT2D eigenvalue weighted by molar-refractivity contribution is 6.11. The standard InChI is InChI=1S/C16H17NO2/c1-9-7-10(2)14-11-5-6-13(18-3)16(19-4)15(11)17-12(14)8-9/h5-8,17H,1-4H3. The lowest BCUT2D eigenvalue weighted by atomic mass is 10.0. The maximum absolute atomic E-state index is 5.49. The van der Waals surface area contributed by atoms with Crippen molar-refractivity contribution < 1.29 is 9.47 Å². The highest BCUT2D eigenvalue weighted by atomic mass is 16.5. The fourth-order valence-corrected chi connectivity index (χ4v) is 2.82. The minimum atomic E-state index is 0.746. The smallest absolute Gasteiger partial charge is 0.184 e. The molecule has 3 rings (SSSR count). The van der Waals surface area contributed by atoms with Gasteiger partial charge < -0.3 is 14.5 Å². The van der Waals surface area contributed by atoms with Crippen LogP contribution in [0, 0.1) is 13.8 Å². The molecule has 0 aliphatic rings. The predicted octanol–water partition coefficient (Wildman–Crippen LogP) is 3.96. The molecular weight excluding hydrogens is 238 g/mol. The zero-order valence-corrected chi connectivity index (χ0v) is 11.6. The van der Waals surface area contributed by atoms with Crippen LogP contribution in [0.1, 0.15) is 11.1 Å². The van der Waals surface area contributed by atoms with Gasteiger partial charge in [0, 0.05) is 16.3 Å². The molecule has 0 unspecified atom stereocenters. The van der Waals surface area contributed by atoms with E-state index in [4.69, 9.17) is 9.47 Å². The molecule has 19 heavy (non-hydrogen) atoms. The molecule has 0 saturated carbocycles. The van der Waals surface area contributed by atoms with Crippen molar-refractivity contribution in [3.63, 3.8) is 0 Å². The number of nitrogens with one attached hydrogen (secondary N) is 1. The molecule has 0 saturated heterocycles. The van der Waals surface area contributed by atoms with Crippen LogP contribution in [-0.2, 0) is 0 Å². The van der Waals surface area contributed by atoms with Gasteiger partial charge in [-0.2, -0.15) is 0 Å². The van der Waals surface area contributed by atoms with Crippen molar-refractivity contribution in [2.45, 2.75) is 13.8 Å². The Morgan fingerprint density at radius 1 is 1.00 bits per heavy atom. The van der Waals surface area contributed by atoms with Gasteiger partial charge >= 0.3 is 0 Å². The van der Waals surface area contributed by atoms with Crippen LogP contribution in [-0.4, -0.2) is 19.2 Å². The maximum atomic E-state index is 5.49. The van der Waals surface area contributed by atoms with Gasteiger partial charge in [0.15, 0.2) is 11.5 Å². The zero-order chi connectivity index (χ0) is 13.6. The van der Waals surface area contributed by atoms with Gasteiger partial charge in [0.25, 0.3) is 0 Å². The summed E-state index contributed by atoms with van der Waals surface area (Å²) in [4.78, 5) is 3.45. The number of aryl methyl sites for hydroxylation is 2. The van der Waals surface area contributed by atoms with Gasteiger partial charge in [0.1, 0.15) is 0 Å². The molecule has 98 valence electrons. The summed E-state index contributed by atoms with van der Waals surface area (Å²) < 4.78 is 10.8. The van der Waals surface area contributed by atoms with Crippen molar-refractivity contribution in [3.05, 3.63) is 35.4 Å². The molecule has 0 bridgehead atoms. The Hall–Kier alpha value is -2.16. The van der Waals surface area contributed by atoms with Crippen LogP contribution in [0.2, 0.25) is 0 Å². The molecule has 3 heteroatoms. The van der Waals surface area contributed by atoms with E-state index in [1.165, 1.54) is 21.9 Å². The van der Waals surface area contributed by atoms with Crippen LogP contribution < -0.4 is 9.47 Å². The predicted molar refractivity (Wildman–Crippen MR) is 78.4 cm³/mol. The lowest BCUT2D eigenvalue weighted by molar-refractivity contribution is 0.358. The molecule has 3 nitrogen and oxygen atoms in total. The lowest BCUT2D eigenvalue weighted by Gasteiger charge is -2.08. The summed E-state index contributed by atoms with van der Waals surface area (Å²) in [5.41, 5.74) is 4.65. The van der Waals surface area contributed by atoms with Crippen molar-refractivity contribution in [3.8, 4) is 11.5 Å². The van der Waals surface area contributed by atoms with Crippen LogP contribution in [0.5, 0.6) is 11.5 Å². The first-order chi connectivity index (χ1) is 9.15. The highest BCUT2D eigenvalue weighted by Crippen LogP contribution is 2.39. The summed E-state index contributed by atoms with van der Waals surface area (Å²) in [7, 11) is 3.32. The average molecular weight is 255 g/mol. The molecule has 0 spiro atoms. The van der Waals surface area contributed by atoms with Crippen LogP contribution in [0.25, 0.3) is 21.8 Å². The van der Waals surface area contributed by atoms with E-state index in [0.29, 0.717) is 0 Å². The van der Waals surface area contributed by atoms with Crippen molar-refractivity contribution in [1.29, 1.82) is 0 Å². The Morgan fingerprint density at radius 3 is 2.47 bits per heavy atom. The van der Waals surface area contributed by atoms with Gasteiger partial charge in [-0.1, -0.05) is 6.07 Å². The maximum Gasteiger partial charge on any atom is 0.184 e. The van der Waals surface area contributed by atoms with E-state index in [-0.39, 0.29) is 0 Å². The topological polar surface area (TPSA) is 34.2 Å². The third kappa shape index (κ3) is 1.65. The number of methoxy groups -OCH3 is 2. The SMILES string of the molecule is COc1ccc2c([nH]c3cc(C)cc(C)c32)c1OC. The number of aromatic nitrogens is 1. The number of hydrogen-bond donors (Lipinski definition) is 1. The minimum absolute atomic E-state index is 0.746. The van der Waals surface area contributed by atoms with Crippen LogP contribution >= 0.6 is 0 Å². The van der Waals surface area contributed by atoms with Crippen molar-refractivity contribution in [2.75, 3.05) is 14.2 Å². The third-order valence-corrected chi connectivity index (χ3v) is 3.55. The van der Waals surface area contributed by atoms with Gasteiger partial charge in [-0.05, 0) is 43.2 Å². The quantitative estimate of drug-likeness (QED) is 0.752. The Bertz CT molecular complexity index is 771. The van der Waals surface area contributed by atoms with E-state index in [1.54, 1.807) is 14.2 Å². The molecule has 2 aromatic carbocycles. The molecular formula is C16H17NO2. The van der Waals surface area contributed by atoms with Gasteiger partial charge in [-0.3, -0.25) is 0 Å². The molecule has 0 radical (unpaired) electrons. The third-order valence-electron chi connectivity index (χ3n) is 3.55. The zero-order valence-electron chi connectivity index (χ0n) is 11.6. The van der Waals surface area contributed by atoms with E-state index >= 15 is 0 Å². The Kier molecular flexibility index (Phi) is 2.63. The van der Waals surface area contributed by atoms with E-state index in [0.717, 1.165) is 22.5 Å². The number of benzene rings is 2. The number of ether oxygens (including phenoxy) is 2. The largest absolute Gasteiger partial charge is 0.493 e. The second-order valence-electron chi connectivity index (χ2n) is 4.85. The molecule has 1 heterocycles. The van der Waals surface area contributed by atoms with E-state index in [1.807, 2.05) is 6.07 Å². The van der Waals surface area contributed by atoms with Gasteiger partial charge in [0.2, 0.25) is 0 Å². The first-order valence-electron chi connectivity index (χ1n) is 6.29. The number of rotatable bonds is 2. The molecule has 0 amide bonds. The van der Waals surface area contributed by atoms with Crippen LogP contribution in [0.15, 0.2) is 24.3 Å². The summed E-state index contributed by atoms with van der Waals surface area (Å²) in [5.74, 6) is 1.50. The first kappa shape index (κ1) is 11.9. The number of aromatic amines is 1. The van der Waals surface area contributed by atoms with E-state index in [2.05, 4.69) is 37.0 Å². The lowest BCUT2D eigenvalue weighted by Crippen LogP contribution is -1.90. The van der Waals surface area contributed by atoms with Crippen molar-refractivity contribution >= 4 is 21.8 Å². The van der Waals surface area contributed by atoms with Crippen LogP contribution in [0.3, 0.4) is 0 Å². The fourth-order valence-electron chi connectivity index (χ4n) is 2.82. The molecule has 1 aromatic heterocycles. The fraction of sp³-hybridized carbons (Fsp3) is 0.250. The molecule has 0 aliphatic carbocycles. The summed E-state index contributed by atoms with van der Waals surface area (Å²) >= 11 is 0. The van der Waals surface area contributed by atoms with E-state index in [9.17, 15) is 0 Å². The summed E-state index contributed by atoms with van der Waals surface area (Å²) in [6.07, 6.45) is 0. The molecule has 0 aliphatic heterocycles. The van der Waals surface area contributed by atoms with Crippen molar-refractivity contribution in [1.82, 2.24) is 4.98 Å². The highest BCUT2D eigenvalue weighted by Gasteiger charge is 2.14. The number of H-pyrrole nitrogens is 1. The van der Waals surface area contributed by atoms with Gasteiger partial charge in [0.05, 0.1) is 19.7 Å². The first-order valence-corrected chi connectivity index (χ1v) is 6.29. The Labute approximate surface area is 112 Å². The normalized spacial score (nSPS) is 11.2. The second-order valence-corrected chi connectivity index (χ2v) is 4.85. The Morgan fingerprint density at radius 2 is 1.79 bits per heavy atom. The van der Waals surface area contributed by atoms with E-state index < -0.39 is 0 Å². The average Bonchev–Trinajstić information content (AvgIpc) is 2.75. The minimum Gasteiger partial charge on any atom is -0.493 e. The van der Waals surface area contributed by atoms with Crippen LogP contribution in [0.4, 0.5) is 0 Å². The molecule has 0 atom stereocenters. The summed E-state index contributed by atoms with van der Waals surface area (Å²) in [6.45, 7) is 4.25.